The van der Waals surface area contributed by atoms with Crippen LogP contribution in [0.4, 0.5) is 0 Å². The first-order valence-corrected chi connectivity index (χ1v) is 13.4. The summed E-state index contributed by atoms with van der Waals surface area (Å²) in [5.74, 6) is -0.275. The smallest absolute Gasteiger partial charge is 0.240 e. The first-order chi connectivity index (χ1) is 16.6. The Morgan fingerprint density at radius 2 is 1.83 bits per heavy atom. The summed E-state index contributed by atoms with van der Waals surface area (Å²) in [5.41, 5.74) is 9.53. The third-order valence-corrected chi connectivity index (χ3v) is 9.84. The van der Waals surface area contributed by atoms with Crippen LogP contribution >= 0.6 is 0 Å². The molecule has 2 fully saturated rings. The second-order valence-electron chi connectivity index (χ2n) is 9.45. The third kappa shape index (κ3) is 4.67. The summed E-state index contributed by atoms with van der Waals surface area (Å²) < 4.78 is 31.6. The van der Waals surface area contributed by atoms with Gasteiger partial charge in [0.15, 0.2) is 4.75 Å². The van der Waals surface area contributed by atoms with E-state index in [1.165, 1.54) is 4.31 Å². The van der Waals surface area contributed by atoms with E-state index in [4.69, 9.17) is 10.5 Å². The van der Waals surface area contributed by atoms with Crippen molar-refractivity contribution in [3.05, 3.63) is 47.5 Å². The molecule has 4 N–H and O–H groups in total. The molecular weight excluding hydrogens is 470 g/mol. The number of benzene rings is 1. The molecule has 0 radical (unpaired) electrons. The van der Waals surface area contributed by atoms with Gasteiger partial charge in [-0.1, -0.05) is 24.3 Å². The maximum Gasteiger partial charge on any atom is 0.240 e. The average molecular weight is 504 g/mol. The molecule has 2 heterocycles. The SMILES string of the molecule is CCOc1cccc(-c2ccc(C3CCN(S(=O)(=O)C4(C(N)=O)CC(O)C(O)C4)CC3)cc2C)n1. The van der Waals surface area contributed by atoms with E-state index >= 15 is 0 Å². The molecule has 1 aromatic heterocycles. The molecule has 35 heavy (non-hydrogen) atoms. The number of carbonyl (C=O) groups excluding carboxylic acids is 1. The van der Waals surface area contributed by atoms with Gasteiger partial charge in [-0.2, -0.15) is 0 Å². The lowest BCUT2D eigenvalue weighted by Crippen LogP contribution is -2.56. The fourth-order valence-corrected chi connectivity index (χ4v) is 7.47. The number of rotatable bonds is 7. The lowest BCUT2D eigenvalue weighted by molar-refractivity contribution is -0.120. The van der Waals surface area contributed by atoms with Crippen LogP contribution < -0.4 is 10.5 Å². The lowest BCUT2D eigenvalue weighted by atomic mass is 9.88. The molecule has 1 saturated heterocycles. The van der Waals surface area contributed by atoms with E-state index in [1.807, 2.05) is 38.1 Å². The van der Waals surface area contributed by atoms with E-state index in [0.717, 1.165) is 22.4 Å². The first-order valence-electron chi connectivity index (χ1n) is 12.0. The van der Waals surface area contributed by atoms with Gasteiger partial charge in [-0.25, -0.2) is 17.7 Å². The Labute approximate surface area is 206 Å². The van der Waals surface area contributed by atoms with Gasteiger partial charge in [-0.3, -0.25) is 4.79 Å². The predicted octanol–water partition coefficient (Wildman–Crippen LogP) is 1.70. The summed E-state index contributed by atoms with van der Waals surface area (Å²) in [7, 11) is -4.14. The van der Waals surface area contributed by atoms with E-state index in [0.29, 0.717) is 25.3 Å². The Hall–Kier alpha value is -2.53. The van der Waals surface area contributed by atoms with Crippen molar-refractivity contribution in [2.45, 2.75) is 62.4 Å². The van der Waals surface area contributed by atoms with Gasteiger partial charge < -0.3 is 20.7 Å². The van der Waals surface area contributed by atoms with Crippen LogP contribution in [0.15, 0.2) is 36.4 Å². The number of aliphatic hydroxyl groups excluding tert-OH is 2. The average Bonchev–Trinajstić information content (AvgIpc) is 3.15. The summed E-state index contributed by atoms with van der Waals surface area (Å²) in [6.45, 7) is 4.98. The number of ether oxygens (including phenoxy) is 1. The number of nitrogens with two attached hydrogens (primary N) is 1. The van der Waals surface area contributed by atoms with Gasteiger partial charge in [-0.15, -0.1) is 0 Å². The molecule has 2 aliphatic rings. The summed E-state index contributed by atoms with van der Waals surface area (Å²) in [4.78, 5) is 16.8. The van der Waals surface area contributed by atoms with Crippen LogP contribution in [0, 0.1) is 6.92 Å². The number of hydrogen-bond acceptors (Lipinski definition) is 7. The Kier molecular flexibility index (Phi) is 7.19. The van der Waals surface area contributed by atoms with Crippen molar-refractivity contribution in [2.24, 2.45) is 5.73 Å². The molecule has 9 nitrogen and oxygen atoms in total. The highest BCUT2D eigenvalue weighted by Gasteiger charge is 2.59. The number of primary amides is 1. The Morgan fingerprint density at radius 3 is 2.40 bits per heavy atom. The van der Waals surface area contributed by atoms with Gasteiger partial charge >= 0.3 is 0 Å². The van der Waals surface area contributed by atoms with Crippen molar-refractivity contribution in [3.63, 3.8) is 0 Å². The molecule has 1 aliphatic carbocycles. The molecule has 2 aromatic rings. The Balaban J connectivity index is 1.48. The Bertz CT molecular complexity index is 1180. The van der Waals surface area contributed by atoms with Crippen molar-refractivity contribution in [1.82, 2.24) is 9.29 Å². The van der Waals surface area contributed by atoms with E-state index in [-0.39, 0.29) is 31.8 Å². The summed E-state index contributed by atoms with van der Waals surface area (Å²) >= 11 is 0. The molecule has 0 spiro atoms. The van der Waals surface area contributed by atoms with Gasteiger partial charge in [0.25, 0.3) is 0 Å². The maximum atomic E-state index is 13.4. The van der Waals surface area contributed by atoms with Crippen molar-refractivity contribution < 1.29 is 28.2 Å². The molecule has 0 bridgehead atoms. The van der Waals surface area contributed by atoms with Crippen molar-refractivity contribution in [1.29, 1.82) is 0 Å². The number of carbonyl (C=O) groups is 1. The van der Waals surface area contributed by atoms with E-state index in [1.54, 1.807) is 0 Å². The van der Waals surface area contributed by atoms with E-state index in [2.05, 4.69) is 17.1 Å². The Morgan fingerprint density at radius 1 is 1.17 bits per heavy atom. The quantitative estimate of drug-likeness (QED) is 0.522. The van der Waals surface area contributed by atoms with Gasteiger partial charge in [0.2, 0.25) is 21.8 Å². The summed E-state index contributed by atoms with van der Waals surface area (Å²) in [5, 5.41) is 19.9. The standard InChI is InChI=1S/C25H33N3O6S/c1-3-34-23-6-4-5-20(27-23)19-8-7-18(13-16(19)2)17-9-11-28(12-10-17)35(32,33)25(24(26)31)14-21(29)22(30)15-25/h4-8,13,17,21-22,29-30H,3,9-12,14-15H2,1-2H3,(H2,26,31). The van der Waals surface area contributed by atoms with Crippen LogP contribution in [0.5, 0.6) is 5.88 Å². The fourth-order valence-electron chi connectivity index (χ4n) is 5.27. The summed E-state index contributed by atoms with van der Waals surface area (Å²) in [6.07, 6.45) is -2.16. The van der Waals surface area contributed by atoms with Crippen LogP contribution in [0.2, 0.25) is 0 Å². The first kappa shape index (κ1) is 25.6. The zero-order valence-electron chi connectivity index (χ0n) is 20.1. The van der Waals surface area contributed by atoms with Gasteiger partial charge in [-0.05, 0) is 49.8 Å². The molecule has 10 heteroatoms. The number of pyridine rings is 1. The van der Waals surface area contributed by atoms with Crippen LogP contribution in [-0.2, 0) is 14.8 Å². The summed E-state index contributed by atoms with van der Waals surface area (Å²) in [6, 6.07) is 11.9. The number of aryl methyl sites for hydroxylation is 1. The van der Waals surface area contributed by atoms with Crippen LogP contribution in [0.3, 0.4) is 0 Å². The number of sulfonamides is 1. The molecule has 1 aliphatic heterocycles. The number of aliphatic hydroxyl groups is 2. The molecule has 2 atom stereocenters. The zero-order valence-corrected chi connectivity index (χ0v) is 20.9. The predicted molar refractivity (Wildman–Crippen MR) is 131 cm³/mol. The molecule has 2 unspecified atom stereocenters. The van der Waals surface area contributed by atoms with Gasteiger partial charge in [0.1, 0.15) is 0 Å². The number of amides is 1. The van der Waals surface area contributed by atoms with E-state index < -0.39 is 32.9 Å². The van der Waals surface area contributed by atoms with Gasteiger partial charge in [0.05, 0.1) is 24.5 Å². The molecule has 190 valence electrons. The molecule has 4 rings (SSSR count). The van der Waals surface area contributed by atoms with Crippen molar-refractivity contribution in [2.75, 3.05) is 19.7 Å². The highest BCUT2D eigenvalue weighted by molar-refractivity contribution is 7.91. The van der Waals surface area contributed by atoms with Crippen LogP contribution in [-0.4, -0.2) is 70.5 Å². The highest BCUT2D eigenvalue weighted by Crippen LogP contribution is 2.41. The monoisotopic (exact) mass is 503 g/mol. The molecular formula is C25H33N3O6S. The van der Waals surface area contributed by atoms with E-state index in [9.17, 15) is 23.4 Å². The van der Waals surface area contributed by atoms with Crippen molar-refractivity contribution >= 4 is 15.9 Å². The number of hydrogen-bond donors (Lipinski definition) is 3. The lowest BCUT2D eigenvalue weighted by Gasteiger charge is -2.37. The normalized spacial score (nSPS) is 26.1. The second kappa shape index (κ2) is 9.85. The molecule has 1 amide bonds. The largest absolute Gasteiger partial charge is 0.478 e. The second-order valence-corrected chi connectivity index (χ2v) is 11.7. The number of piperidine rings is 1. The van der Waals surface area contributed by atoms with Crippen LogP contribution in [0.25, 0.3) is 11.3 Å². The fraction of sp³-hybridized carbons (Fsp3) is 0.520. The third-order valence-electron chi connectivity index (χ3n) is 7.27. The molecule has 1 aromatic carbocycles. The molecule has 1 saturated carbocycles. The zero-order chi connectivity index (χ0) is 25.4. The minimum Gasteiger partial charge on any atom is -0.478 e. The van der Waals surface area contributed by atoms with Crippen LogP contribution in [0.1, 0.15) is 49.7 Å². The highest BCUT2D eigenvalue weighted by atomic mass is 32.2. The topological polar surface area (TPSA) is 143 Å². The maximum absolute atomic E-state index is 13.4. The van der Waals surface area contributed by atoms with Gasteiger partial charge in [0, 0.05) is 37.6 Å². The number of aromatic nitrogens is 1. The minimum atomic E-state index is -4.14. The van der Waals surface area contributed by atoms with Crippen molar-refractivity contribution in [3.8, 4) is 17.1 Å². The number of nitrogens with zero attached hydrogens (tertiary/aromatic N) is 2. The minimum absolute atomic E-state index is 0.168.